The normalized spacial score (nSPS) is 12.8. The van der Waals surface area contributed by atoms with Crippen LogP contribution in [0.2, 0.25) is 0 Å². The van der Waals surface area contributed by atoms with Crippen LogP contribution in [0.4, 0.5) is 17.1 Å². The lowest BCUT2D eigenvalue weighted by Gasteiger charge is -2.32. The van der Waals surface area contributed by atoms with Gasteiger partial charge in [0.05, 0.1) is 11.4 Å². The molecular formula is C49H37N. The minimum atomic E-state index is -0.163. The molecule has 1 heteroatoms. The summed E-state index contributed by atoms with van der Waals surface area (Å²) in [6.07, 6.45) is 0. The Balaban J connectivity index is 1.35. The van der Waals surface area contributed by atoms with Crippen LogP contribution >= 0.6 is 0 Å². The molecule has 0 N–H and O–H groups in total. The maximum absolute atomic E-state index is 2.51. The Kier molecular flexibility index (Phi) is 7.21. The summed E-state index contributed by atoms with van der Waals surface area (Å²) in [4.78, 5) is 2.51. The Bertz CT molecular complexity index is 2490. The Morgan fingerprint density at radius 2 is 0.940 bits per heavy atom. The van der Waals surface area contributed by atoms with E-state index >= 15 is 0 Å². The van der Waals surface area contributed by atoms with Gasteiger partial charge < -0.3 is 4.90 Å². The third-order valence-electron chi connectivity index (χ3n) is 10.4. The van der Waals surface area contributed by atoms with Crippen molar-refractivity contribution in [2.24, 2.45) is 0 Å². The lowest BCUT2D eigenvalue weighted by Crippen LogP contribution is -2.17. The molecule has 0 unspecified atom stereocenters. The Hall–Kier alpha value is -6.18. The van der Waals surface area contributed by atoms with Gasteiger partial charge in [0.2, 0.25) is 0 Å². The van der Waals surface area contributed by atoms with Crippen molar-refractivity contribution >= 4 is 27.8 Å². The van der Waals surface area contributed by atoms with Crippen LogP contribution in [0.25, 0.3) is 55.3 Å². The molecule has 0 aromatic heterocycles. The standard InChI is InChI=1S/C49H37N/c1-49(2)44-27-15-13-26-43(44)47-46(33-37-21-9-10-23-40(37)48(47)49)50(38-31-29-35(30-32-38)34-17-5-3-6-18-34)45-28-16-14-25-42(45)41-24-12-11-22-39(41)36-19-7-4-8-20-36/h3-33H,1-2H3. The molecule has 0 saturated carbocycles. The van der Waals surface area contributed by atoms with E-state index in [1.807, 2.05) is 0 Å². The van der Waals surface area contributed by atoms with Gasteiger partial charge in [-0.3, -0.25) is 0 Å². The molecule has 238 valence electrons. The predicted molar refractivity (Wildman–Crippen MR) is 213 cm³/mol. The summed E-state index contributed by atoms with van der Waals surface area (Å²) >= 11 is 0. The van der Waals surface area contributed by atoms with E-state index in [-0.39, 0.29) is 5.41 Å². The van der Waals surface area contributed by atoms with Crippen LogP contribution in [0.5, 0.6) is 0 Å². The first-order valence-electron chi connectivity index (χ1n) is 17.5. The summed E-state index contributed by atoms with van der Waals surface area (Å²) in [7, 11) is 0. The Morgan fingerprint density at radius 3 is 1.68 bits per heavy atom. The van der Waals surface area contributed by atoms with Crippen LogP contribution in [0.3, 0.4) is 0 Å². The summed E-state index contributed by atoms with van der Waals surface area (Å²) < 4.78 is 0. The van der Waals surface area contributed by atoms with Gasteiger partial charge in [0, 0.05) is 22.2 Å². The maximum Gasteiger partial charge on any atom is 0.0549 e. The molecule has 50 heavy (non-hydrogen) atoms. The molecule has 0 bridgehead atoms. The van der Waals surface area contributed by atoms with Gasteiger partial charge in [0.15, 0.2) is 0 Å². The van der Waals surface area contributed by atoms with Gasteiger partial charge in [-0.25, -0.2) is 0 Å². The van der Waals surface area contributed by atoms with Crippen LogP contribution in [0.1, 0.15) is 25.0 Å². The molecular weight excluding hydrogens is 603 g/mol. The molecule has 9 rings (SSSR count). The number of anilines is 3. The summed E-state index contributed by atoms with van der Waals surface area (Å²) in [5.74, 6) is 0. The smallest absolute Gasteiger partial charge is 0.0549 e. The van der Waals surface area contributed by atoms with E-state index in [0.29, 0.717) is 0 Å². The number of benzene rings is 8. The van der Waals surface area contributed by atoms with Crippen LogP contribution in [-0.2, 0) is 5.41 Å². The second-order valence-electron chi connectivity index (χ2n) is 13.7. The van der Waals surface area contributed by atoms with Gasteiger partial charge in [-0.05, 0) is 79.5 Å². The molecule has 0 spiro atoms. The fraction of sp³-hybridized carbons (Fsp3) is 0.0612. The molecule has 0 atom stereocenters. The quantitative estimate of drug-likeness (QED) is 0.175. The molecule has 0 radical (unpaired) electrons. The van der Waals surface area contributed by atoms with Crippen LogP contribution in [0.15, 0.2) is 188 Å². The van der Waals surface area contributed by atoms with Gasteiger partial charge in [0.25, 0.3) is 0 Å². The van der Waals surface area contributed by atoms with Crippen molar-refractivity contribution in [2.75, 3.05) is 4.90 Å². The van der Waals surface area contributed by atoms with Gasteiger partial charge in [-0.1, -0.05) is 178 Å². The average Bonchev–Trinajstić information content (AvgIpc) is 3.43. The topological polar surface area (TPSA) is 3.24 Å². The summed E-state index contributed by atoms with van der Waals surface area (Å²) in [5.41, 5.74) is 15.9. The number of hydrogen-bond acceptors (Lipinski definition) is 1. The minimum Gasteiger partial charge on any atom is -0.309 e. The number of para-hydroxylation sites is 1. The predicted octanol–water partition coefficient (Wildman–Crippen LogP) is 13.6. The van der Waals surface area contributed by atoms with Crippen LogP contribution in [-0.4, -0.2) is 0 Å². The summed E-state index contributed by atoms with van der Waals surface area (Å²) in [5, 5.41) is 2.56. The van der Waals surface area contributed by atoms with Crippen molar-refractivity contribution in [3.63, 3.8) is 0 Å². The van der Waals surface area contributed by atoms with Crippen LogP contribution in [0, 0.1) is 0 Å². The molecule has 8 aromatic carbocycles. The first-order valence-corrected chi connectivity index (χ1v) is 17.5. The first kappa shape index (κ1) is 29.9. The zero-order chi connectivity index (χ0) is 33.7. The van der Waals surface area contributed by atoms with E-state index < -0.39 is 0 Å². The zero-order valence-corrected chi connectivity index (χ0v) is 28.3. The molecule has 0 amide bonds. The van der Waals surface area contributed by atoms with E-state index in [4.69, 9.17) is 0 Å². The van der Waals surface area contributed by atoms with Crippen LogP contribution < -0.4 is 4.90 Å². The molecule has 1 nitrogen and oxygen atoms in total. The fourth-order valence-electron chi connectivity index (χ4n) is 8.14. The van der Waals surface area contributed by atoms with Gasteiger partial charge in [0.1, 0.15) is 0 Å². The van der Waals surface area contributed by atoms with E-state index in [2.05, 4.69) is 207 Å². The van der Waals surface area contributed by atoms with Crippen molar-refractivity contribution in [3.05, 3.63) is 199 Å². The Labute approximate surface area is 294 Å². The molecule has 8 aromatic rings. The SMILES string of the molecule is CC1(C)c2ccccc2-c2c(N(c3ccc(-c4ccccc4)cc3)c3ccccc3-c3ccccc3-c3ccccc3)cc3ccccc3c21. The molecule has 1 aliphatic carbocycles. The van der Waals surface area contributed by atoms with Crippen molar-refractivity contribution in [3.8, 4) is 44.5 Å². The van der Waals surface area contributed by atoms with E-state index in [9.17, 15) is 0 Å². The number of rotatable bonds is 6. The van der Waals surface area contributed by atoms with Gasteiger partial charge in [-0.15, -0.1) is 0 Å². The Morgan fingerprint density at radius 1 is 0.400 bits per heavy atom. The lowest BCUT2D eigenvalue weighted by molar-refractivity contribution is 0.666. The second kappa shape index (κ2) is 12.1. The molecule has 0 heterocycles. The molecule has 1 aliphatic rings. The number of nitrogens with zero attached hydrogens (tertiary/aromatic N) is 1. The molecule has 0 aliphatic heterocycles. The third kappa shape index (κ3) is 4.85. The van der Waals surface area contributed by atoms with Crippen molar-refractivity contribution in [1.29, 1.82) is 0 Å². The summed E-state index contributed by atoms with van der Waals surface area (Å²) in [6.45, 7) is 4.77. The molecule has 0 saturated heterocycles. The largest absolute Gasteiger partial charge is 0.309 e. The lowest BCUT2D eigenvalue weighted by atomic mass is 9.80. The highest BCUT2D eigenvalue weighted by Gasteiger charge is 2.39. The highest BCUT2D eigenvalue weighted by molar-refractivity contribution is 6.07. The highest BCUT2D eigenvalue weighted by Crippen LogP contribution is 2.57. The second-order valence-corrected chi connectivity index (χ2v) is 13.7. The van der Waals surface area contributed by atoms with Crippen molar-refractivity contribution in [1.82, 2.24) is 0 Å². The zero-order valence-electron chi connectivity index (χ0n) is 28.3. The van der Waals surface area contributed by atoms with Gasteiger partial charge >= 0.3 is 0 Å². The first-order chi connectivity index (χ1) is 24.6. The van der Waals surface area contributed by atoms with Crippen molar-refractivity contribution in [2.45, 2.75) is 19.3 Å². The van der Waals surface area contributed by atoms with E-state index in [1.54, 1.807) is 0 Å². The van der Waals surface area contributed by atoms with E-state index in [1.165, 1.54) is 72.1 Å². The minimum absolute atomic E-state index is 0.163. The molecule has 0 fully saturated rings. The van der Waals surface area contributed by atoms with Gasteiger partial charge in [-0.2, -0.15) is 0 Å². The summed E-state index contributed by atoms with van der Waals surface area (Å²) in [6, 6.07) is 68.5. The monoisotopic (exact) mass is 639 g/mol. The highest BCUT2D eigenvalue weighted by atomic mass is 15.1. The van der Waals surface area contributed by atoms with Crippen molar-refractivity contribution < 1.29 is 0 Å². The van der Waals surface area contributed by atoms with E-state index in [0.717, 1.165) is 11.4 Å². The average molecular weight is 640 g/mol. The number of hydrogen-bond donors (Lipinski definition) is 0. The third-order valence-corrected chi connectivity index (χ3v) is 10.4. The fourth-order valence-corrected chi connectivity index (χ4v) is 8.14. The maximum atomic E-state index is 2.51. The number of fused-ring (bicyclic) bond motifs is 5.